The minimum absolute atomic E-state index is 0.198. The van der Waals surface area contributed by atoms with Gasteiger partial charge < -0.3 is 9.84 Å². The van der Waals surface area contributed by atoms with Gasteiger partial charge in [0.15, 0.2) is 5.56 Å². The third-order valence-corrected chi connectivity index (χ3v) is 2.12. The maximum atomic E-state index is 11.2. The molecule has 0 aliphatic carbocycles. The number of nitrogens with zero attached hydrogens (tertiary/aromatic N) is 2. The largest absolute Gasteiger partial charge is 0.506 e. The fourth-order valence-electron chi connectivity index (χ4n) is 1.41. The Balaban J connectivity index is 3.14. The molecule has 0 saturated heterocycles. The lowest BCUT2D eigenvalue weighted by Gasteiger charge is -2.04. The van der Waals surface area contributed by atoms with Crippen LogP contribution in [0.2, 0.25) is 0 Å². The number of benzene rings is 1. The third-order valence-electron chi connectivity index (χ3n) is 2.12. The second-order valence-electron chi connectivity index (χ2n) is 3.36. The monoisotopic (exact) mass is 250 g/mol. The van der Waals surface area contributed by atoms with E-state index in [9.17, 15) is 20.0 Å². The Morgan fingerprint density at radius 2 is 2.28 bits per heavy atom. The summed E-state index contributed by atoms with van der Waals surface area (Å²) in [4.78, 5) is 21.2. The molecule has 0 unspecified atom stereocenters. The number of hydrogen-bond donors (Lipinski definition) is 1. The van der Waals surface area contributed by atoms with E-state index in [1.54, 1.807) is 13.0 Å². The van der Waals surface area contributed by atoms with Crippen LogP contribution in [0, 0.1) is 21.4 Å². The molecule has 0 aliphatic heterocycles. The lowest BCUT2D eigenvalue weighted by Crippen LogP contribution is -2.08. The van der Waals surface area contributed by atoms with E-state index in [0.717, 1.165) is 12.1 Å². The van der Waals surface area contributed by atoms with Gasteiger partial charge in [-0.05, 0) is 18.6 Å². The first-order valence-electron chi connectivity index (χ1n) is 5.05. The van der Waals surface area contributed by atoms with E-state index in [2.05, 4.69) is 4.74 Å². The highest BCUT2D eigenvalue weighted by molar-refractivity contribution is 5.74. The van der Waals surface area contributed by atoms with Gasteiger partial charge >= 0.3 is 5.97 Å². The molecule has 7 heteroatoms. The van der Waals surface area contributed by atoms with Crippen LogP contribution in [0.3, 0.4) is 0 Å². The summed E-state index contributed by atoms with van der Waals surface area (Å²) in [5.74, 6) is -1.08. The molecule has 1 rings (SSSR count). The highest BCUT2D eigenvalue weighted by Gasteiger charge is 2.20. The second kappa shape index (κ2) is 5.63. The number of phenolic OH excluding ortho intramolecular Hbond substituents is 1. The van der Waals surface area contributed by atoms with E-state index < -0.39 is 27.9 Å². The molecule has 0 saturated carbocycles. The zero-order valence-electron chi connectivity index (χ0n) is 9.54. The van der Waals surface area contributed by atoms with E-state index in [-0.39, 0.29) is 18.6 Å². The number of nitro benzene ring substituents is 1. The molecule has 0 bridgehead atoms. The maximum Gasteiger partial charge on any atom is 0.310 e. The van der Waals surface area contributed by atoms with Crippen LogP contribution in [0.25, 0.3) is 0 Å². The van der Waals surface area contributed by atoms with Crippen LogP contribution < -0.4 is 0 Å². The molecule has 18 heavy (non-hydrogen) atoms. The molecule has 94 valence electrons. The summed E-state index contributed by atoms with van der Waals surface area (Å²) in [6, 6.07) is 3.76. The molecule has 0 aliphatic rings. The predicted molar refractivity (Wildman–Crippen MR) is 59.8 cm³/mol. The van der Waals surface area contributed by atoms with Crippen molar-refractivity contribution < 1.29 is 19.6 Å². The predicted octanol–water partition coefficient (Wildman–Crippen LogP) is 1.28. The summed E-state index contributed by atoms with van der Waals surface area (Å²) >= 11 is 0. The van der Waals surface area contributed by atoms with Gasteiger partial charge in [0.2, 0.25) is 0 Å². The lowest BCUT2D eigenvalue weighted by molar-refractivity contribution is -0.385. The Bertz CT molecular complexity index is 533. The van der Waals surface area contributed by atoms with Gasteiger partial charge in [0.25, 0.3) is 5.69 Å². The summed E-state index contributed by atoms with van der Waals surface area (Å²) < 4.78 is 4.69. The average molecular weight is 250 g/mol. The first kappa shape index (κ1) is 13.4. The van der Waals surface area contributed by atoms with Gasteiger partial charge in [0.05, 0.1) is 18.0 Å². The second-order valence-corrected chi connectivity index (χ2v) is 3.36. The van der Waals surface area contributed by atoms with Crippen molar-refractivity contribution in [3.05, 3.63) is 33.4 Å². The fraction of sp³-hybridized carbons (Fsp3) is 0.273. The summed E-state index contributed by atoms with van der Waals surface area (Å²) in [5, 5.41) is 28.9. The molecule has 0 radical (unpaired) electrons. The molecule has 1 N–H and O–H groups in total. The summed E-state index contributed by atoms with van der Waals surface area (Å²) in [6.07, 6.45) is -0.200. The van der Waals surface area contributed by atoms with Crippen molar-refractivity contribution in [2.24, 2.45) is 0 Å². The zero-order chi connectivity index (χ0) is 13.7. The lowest BCUT2D eigenvalue weighted by atomic mass is 10.1. The number of carbonyl (C=O) groups excluding carboxylic acids is 1. The van der Waals surface area contributed by atoms with Crippen molar-refractivity contribution in [3.8, 4) is 11.8 Å². The van der Waals surface area contributed by atoms with E-state index in [0.29, 0.717) is 0 Å². The first-order valence-corrected chi connectivity index (χ1v) is 5.05. The number of nitro groups is 1. The SMILES string of the molecule is CCOC(=O)Cc1cc(O)c(C#N)c([N+](=O)[O-])c1. The third kappa shape index (κ3) is 2.95. The Morgan fingerprint density at radius 1 is 1.61 bits per heavy atom. The van der Waals surface area contributed by atoms with Crippen LogP contribution in [-0.2, 0) is 16.0 Å². The van der Waals surface area contributed by atoms with Crippen molar-refractivity contribution in [2.75, 3.05) is 6.61 Å². The van der Waals surface area contributed by atoms with Crippen molar-refractivity contribution in [1.82, 2.24) is 0 Å². The fourth-order valence-corrected chi connectivity index (χ4v) is 1.41. The molecule has 0 atom stereocenters. The molecule has 0 spiro atoms. The van der Waals surface area contributed by atoms with Crippen molar-refractivity contribution in [2.45, 2.75) is 13.3 Å². The smallest absolute Gasteiger partial charge is 0.310 e. The standard InChI is InChI=1S/C11H10N2O5/c1-2-18-11(15)5-7-3-9(13(16)17)8(6-12)10(14)4-7/h3-4,14H,2,5H2,1H3. The van der Waals surface area contributed by atoms with Gasteiger partial charge in [-0.25, -0.2) is 0 Å². The first-order chi connectivity index (χ1) is 8.49. The number of hydrogen-bond acceptors (Lipinski definition) is 6. The Kier molecular flexibility index (Phi) is 4.21. The van der Waals surface area contributed by atoms with Crippen molar-refractivity contribution in [3.63, 3.8) is 0 Å². The van der Waals surface area contributed by atoms with Crippen LogP contribution in [0.15, 0.2) is 12.1 Å². The van der Waals surface area contributed by atoms with Crippen LogP contribution >= 0.6 is 0 Å². The van der Waals surface area contributed by atoms with Crippen LogP contribution in [0.5, 0.6) is 5.75 Å². The van der Waals surface area contributed by atoms with Crippen LogP contribution in [0.4, 0.5) is 5.69 Å². The highest BCUT2D eigenvalue weighted by atomic mass is 16.6. The quantitative estimate of drug-likeness (QED) is 0.489. The van der Waals surface area contributed by atoms with E-state index in [4.69, 9.17) is 5.26 Å². The number of phenols is 1. The summed E-state index contributed by atoms with van der Waals surface area (Å²) in [5.41, 5.74) is -0.735. The Morgan fingerprint density at radius 3 is 2.78 bits per heavy atom. The topological polar surface area (TPSA) is 113 Å². The number of rotatable bonds is 4. The number of aromatic hydroxyl groups is 1. The van der Waals surface area contributed by atoms with Gasteiger partial charge in [0.1, 0.15) is 11.8 Å². The normalized spacial score (nSPS) is 9.56. The molecular weight excluding hydrogens is 240 g/mol. The molecule has 0 heterocycles. The van der Waals surface area contributed by atoms with Crippen molar-refractivity contribution >= 4 is 11.7 Å². The van der Waals surface area contributed by atoms with Gasteiger partial charge in [-0.15, -0.1) is 0 Å². The average Bonchev–Trinajstić information content (AvgIpc) is 2.28. The van der Waals surface area contributed by atoms with Crippen molar-refractivity contribution in [1.29, 1.82) is 5.26 Å². The molecule has 0 aromatic heterocycles. The minimum atomic E-state index is -0.785. The number of ether oxygens (including phenoxy) is 1. The van der Waals surface area contributed by atoms with E-state index >= 15 is 0 Å². The molecule has 1 aromatic rings. The molecule has 0 fully saturated rings. The number of carbonyl (C=O) groups is 1. The van der Waals surface area contributed by atoms with E-state index in [1.165, 1.54) is 0 Å². The minimum Gasteiger partial charge on any atom is -0.506 e. The Labute approximate surface area is 102 Å². The van der Waals surface area contributed by atoms with Crippen LogP contribution in [0.1, 0.15) is 18.1 Å². The maximum absolute atomic E-state index is 11.2. The van der Waals surface area contributed by atoms with Crippen LogP contribution in [-0.4, -0.2) is 22.6 Å². The molecule has 1 aromatic carbocycles. The summed E-state index contributed by atoms with van der Waals surface area (Å²) in [7, 11) is 0. The number of esters is 1. The zero-order valence-corrected chi connectivity index (χ0v) is 9.54. The molecule has 7 nitrogen and oxygen atoms in total. The summed E-state index contributed by atoms with van der Waals surface area (Å²) in [6.45, 7) is 1.83. The van der Waals surface area contributed by atoms with Gasteiger partial charge in [-0.1, -0.05) is 0 Å². The van der Waals surface area contributed by atoms with Gasteiger partial charge in [0, 0.05) is 6.07 Å². The van der Waals surface area contributed by atoms with Gasteiger partial charge in [-0.3, -0.25) is 14.9 Å². The number of nitriles is 1. The molecular formula is C11H10N2O5. The highest BCUT2D eigenvalue weighted by Crippen LogP contribution is 2.28. The van der Waals surface area contributed by atoms with Gasteiger partial charge in [-0.2, -0.15) is 5.26 Å². The molecule has 0 amide bonds. The Hall–Kier alpha value is -2.62. The van der Waals surface area contributed by atoms with E-state index in [1.807, 2.05) is 0 Å².